The van der Waals surface area contributed by atoms with Gasteiger partial charge in [-0.15, -0.1) is 0 Å². The van der Waals surface area contributed by atoms with Gasteiger partial charge in [0.15, 0.2) is 0 Å². The highest BCUT2D eigenvalue weighted by Gasteiger charge is 2.45. The Bertz CT molecular complexity index is 751. The number of rotatable bonds is 4. The minimum atomic E-state index is -0.539. The van der Waals surface area contributed by atoms with E-state index in [0.29, 0.717) is 37.8 Å². The zero-order chi connectivity index (χ0) is 19.7. The van der Waals surface area contributed by atoms with Crippen molar-refractivity contribution in [3.63, 3.8) is 0 Å². The lowest BCUT2D eigenvalue weighted by Gasteiger charge is -2.52. The van der Waals surface area contributed by atoms with Crippen LogP contribution in [-0.2, 0) is 20.8 Å². The molecule has 6 nitrogen and oxygen atoms in total. The molecule has 6 heteroatoms. The third-order valence-electron chi connectivity index (χ3n) is 6.45. The first kappa shape index (κ1) is 19.0. The molecule has 4 atom stereocenters. The van der Waals surface area contributed by atoms with Gasteiger partial charge in [-0.25, -0.2) is 0 Å². The smallest absolute Gasteiger partial charge is 0.245 e. The lowest BCUT2D eigenvalue weighted by molar-refractivity contribution is -0.150. The number of amides is 3. The molecule has 2 bridgehead atoms. The number of hydrogen-bond donors (Lipinski definition) is 1. The fraction of sp³-hybridized carbons (Fsp3) is 0.591. The Labute approximate surface area is 166 Å². The second kappa shape index (κ2) is 7.94. The Morgan fingerprint density at radius 2 is 1.96 bits per heavy atom. The second-order valence-corrected chi connectivity index (χ2v) is 8.55. The van der Waals surface area contributed by atoms with Crippen LogP contribution in [0.2, 0.25) is 0 Å². The number of hydrogen-bond acceptors (Lipinski definition) is 3. The molecular formula is C22H29N3O3. The zero-order valence-corrected chi connectivity index (χ0v) is 16.5. The van der Waals surface area contributed by atoms with Crippen molar-refractivity contribution in [1.29, 1.82) is 0 Å². The van der Waals surface area contributed by atoms with Crippen molar-refractivity contribution in [3.05, 3.63) is 35.9 Å². The molecule has 3 amide bonds. The van der Waals surface area contributed by atoms with E-state index in [4.69, 9.17) is 0 Å². The van der Waals surface area contributed by atoms with Crippen molar-refractivity contribution in [3.8, 4) is 0 Å². The molecule has 0 radical (unpaired) electrons. The maximum absolute atomic E-state index is 13.3. The molecule has 0 saturated carbocycles. The lowest BCUT2D eigenvalue weighted by atomic mass is 9.76. The molecular weight excluding hydrogens is 354 g/mol. The van der Waals surface area contributed by atoms with Gasteiger partial charge < -0.3 is 15.1 Å². The highest BCUT2D eigenvalue weighted by atomic mass is 16.2. The maximum Gasteiger partial charge on any atom is 0.245 e. The van der Waals surface area contributed by atoms with Crippen LogP contribution in [0.4, 0.5) is 0 Å². The Kier molecular flexibility index (Phi) is 5.38. The predicted molar refractivity (Wildman–Crippen MR) is 105 cm³/mol. The van der Waals surface area contributed by atoms with Crippen LogP contribution in [-0.4, -0.2) is 59.2 Å². The number of piperidine rings is 3. The van der Waals surface area contributed by atoms with Gasteiger partial charge in [0.2, 0.25) is 17.7 Å². The first-order chi connectivity index (χ1) is 13.5. The van der Waals surface area contributed by atoms with E-state index in [9.17, 15) is 14.4 Å². The van der Waals surface area contributed by atoms with Crippen LogP contribution in [0.25, 0.3) is 0 Å². The molecule has 0 aliphatic carbocycles. The van der Waals surface area contributed by atoms with Crippen molar-refractivity contribution >= 4 is 17.7 Å². The molecule has 3 heterocycles. The molecule has 0 aromatic heterocycles. The lowest BCUT2D eigenvalue weighted by Crippen LogP contribution is -2.63. The molecule has 150 valence electrons. The Morgan fingerprint density at radius 3 is 2.71 bits per heavy atom. The van der Waals surface area contributed by atoms with E-state index < -0.39 is 6.04 Å². The molecule has 1 aromatic carbocycles. The molecule has 1 aromatic rings. The monoisotopic (exact) mass is 383 g/mol. The van der Waals surface area contributed by atoms with Crippen molar-refractivity contribution in [2.24, 2.45) is 11.8 Å². The fourth-order valence-electron chi connectivity index (χ4n) is 5.31. The van der Waals surface area contributed by atoms with Gasteiger partial charge in [-0.3, -0.25) is 14.4 Å². The number of carbonyl (C=O) groups excluding carboxylic acids is 3. The van der Waals surface area contributed by atoms with E-state index in [1.165, 1.54) is 6.92 Å². The van der Waals surface area contributed by atoms with Gasteiger partial charge in [-0.1, -0.05) is 30.3 Å². The van der Waals surface area contributed by atoms with Crippen LogP contribution < -0.4 is 5.32 Å². The summed E-state index contributed by atoms with van der Waals surface area (Å²) < 4.78 is 0. The molecule has 3 fully saturated rings. The van der Waals surface area contributed by atoms with Crippen LogP contribution in [0.3, 0.4) is 0 Å². The van der Waals surface area contributed by atoms with E-state index in [1.54, 1.807) is 0 Å². The van der Waals surface area contributed by atoms with Crippen LogP contribution >= 0.6 is 0 Å². The molecule has 4 rings (SSSR count). The van der Waals surface area contributed by atoms with Crippen LogP contribution in [0.15, 0.2) is 30.3 Å². The van der Waals surface area contributed by atoms with Gasteiger partial charge in [-0.2, -0.15) is 0 Å². The van der Waals surface area contributed by atoms with Gasteiger partial charge in [-0.05, 0) is 36.7 Å². The largest absolute Gasteiger partial charge is 0.344 e. The summed E-state index contributed by atoms with van der Waals surface area (Å²) in [6.07, 6.45) is 4.27. The highest BCUT2D eigenvalue weighted by molar-refractivity contribution is 5.87. The normalized spacial score (nSPS) is 27.8. The topological polar surface area (TPSA) is 69.7 Å². The van der Waals surface area contributed by atoms with E-state index >= 15 is 0 Å². The third-order valence-corrected chi connectivity index (χ3v) is 6.45. The van der Waals surface area contributed by atoms with Gasteiger partial charge in [0.1, 0.15) is 6.04 Å². The molecule has 3 aliphatic heterocycles. The van der Waals surface area contributed by atoms with Crippen LogP contribution in [0.1, 0.15) is 38.2 Å². The SMILES string of the molecule is CC(=O)N[C@@H](Cc1ccccc1)C(=O)N1C[C@@H]2C[C@@H](C1)[C@@H]1CCCC(=O)N1C2. The summed E-state index contributed by atoms with van der Waals surface area (Å²) in [6.45, 7) is 3.60. The molecule has 3 aliphatic rings. The molecule has 28 heavy (non-hydrogen) atoms. The van der Waals surface area contributed by atoms with Crippen LogP contribution in [0, 0.1) is 11.8 Å². The van der Waals surface area contributed by atoms with Crippen molar-refractivity contribution in [1.82, 2.24) is 15.1 Å². The zero-order valence-electron chi connectivity index (χ0n) is 16.5. The summed E-state index contributed by atoms with van der Waals surface area (Å²) in [4.78, 5) is 41.4. The number of carbonyl (C=O) groups is 3. The fourth-order valence-corrected chi connectivity index (χ4v) is 5.31. The first-order valence-electron chi connectivity index (χ1n) is 10.4. The third kappa shape index (κ3) is 3.91. The maximum atomic E-state index is 13.3. The molecule has 0 spiro atoms. The second-order valence-electron chi connectivity index (χ2n) is 8.55. The number of benzene rings is 1. The minimum absolute atomic E-state index is 0.00402. The summed E-state index contributed by atoms with van der Waals surface area (Å²) in [5.41, 5.74) is 1.04. The van der Waals surface area contributed by atoms with E-state index in [-0.39, 0.29) is 23.8 Å². The first-order valence-corrected chi connectivity index (χ1v) is 10.4. The summed E-state index contributed by atoms with van der Waals surface area (Å²) in [5, 5.41) is 2.86. The summed E-state index contributed by atoms with van der Waals surface area (Å²) >= 11 is 0. The summed E-state index contributed by atoms with van der Waals surface area (Å²) in [5.74, 6) is 0.803. The predicted octanol–water partition coefficient (Wildman–Crippen LogP) is 1.59. The highest BCUT2D eigenvalue weighted by Crippen LogP contribution is 2.38. The quantitative estimate of drug-likeness (QED) is 0.859. The van der Waals surface area contributed by atoms with Crippen molar-refractivity contribution in [2.75, 3.05) is 19.6 Å². The van der Waals surface area contributed by atoms with E-state index in [1.807, 2.05) is 35.2 Å². The Hall–Kier alpha value is -2.37. The van der Waals surface area contributed by atoms with Gasteiger partial charge in [0.25, 0.3) is 0 Å². The van der Waals surface area contributed by atoms with Crippen molar-refractivity contribution < 1.29 is 14.4 Å². The molecule has 0 unspecified atom stereocenters. The Balaban J connectivity index is 1.48. The van der Waals surface area contributed by atoms with Crippen LogP contribution in [0.5, 0.6) is 0 Å². The average Bonchev–Trinajstić information content (AvgIpc) is 2.68. The standard InChI is InChI=1S/C22H29N3O3/c1-15(26)23-19(11-16-6-3-2-4-7-16)22(28)24-12-17-10-18(14-24)20-8-5-9-21(27)25(20)13-17/h2-4,6-7,17-20H,5,8-14H2,1H3,(H,23,26)/t17-,18-,19-,20-/m0/s1. The Morgan fingerprint density at radius 1 is 1.18 bits per heavy atom. The number of nitrogens with one attached hydrogen (secondary N) is 1. The van der Waals surface area contributed by atoms with Gasteiger partial charge in [0.05, 0.1) is 0 Å². The molecule has 3 saturated heterocycles. The number of fused-ring (bicyclic) bond motifs is 4. The van der Waals surface area contributed by atoms with Crippen molar-refractivity contribution in [2.45, 2.75) is 51.1 Å². The summed E-state index contributed by atoms with van der Waals surface area (Å²) in [7, 11) is 0. The average molecular weight is 383 g/mol. The van der Waals surface area contributed by atoms with E-state index in [2.05, 4.69) is 10.2 Å². The van der Waals surface area contributed by atoms with Gasteiger partial charge in [0, 0.05) is 45.4 Å². The van der Waals surface area contributed by atoms with Gasteiger partial charge >= 0.3 is 0 Å². The minimum Gasteiger partial charge on any atom is -0.344 e. The molecule has 1 N–H and O–H groups in total. The number of nitrogens with zero attached hydrogens (tertiary/aromatic N) is 2. The number of likely N-dealkylation sites (tertiary alicyclic amines) is 1. The van der Waals surface area contributed by atoms with E-state index in [0.717, 1.165) is 31.4 Å². The summed E-state index contributed by atoms with van der Waals surface area (Å²) in [6, 6.07) is 9.55.